The van der Waals surface area contributed by atoms with Crippen LogP contribution in [0.5, 0.6) is 0 Å². The van der Waals surface area contributed by atoms with Crippen LogP contribution >= 0.6 is 0 Å². The first-order valence-electron chi connectivity index (χ1n) is 6.32. The fourth-order valence-corrected chi connectivity index (χ4v) is 1.79. The SMILES string of the molecule is CCNc1cc(-c2ccc(F)c(F)c2F)nc(CC)n1. The molecule has 1 N–H and O–H groups in total. The maximum Gasteiger partial charge on any atom is 0.195 e. The summed E-state index contributed by atoms with van der Waals surface area (Å²) in [7, 11) is 0. The molecule has 20 heavy (non-hydrogen) atoms. The fraction of sp³-hybridized carbons (Fsp3) is 0.286. The van der Waals surface area contributed by atoms with Gasteiger partial charge in [-0.2, -0.15) is 0 Å². The van der Waals surface area contributed by atoms with Crippen LogP contribution in [0, 0.1) is 17.5 Å². The number of hydrogen-bond acceptors (Lipinski definition) is 3. The number of hydrogen-bond donors (Lipinski definition) is 1. The van der Waals surface area contributed by atoms with Gasteiger partial charge in [0.05, 0.1) is 5.69 Å². The largest absolute Gasteiger partial charge is 0.370 e. The van der Waals surface area contributed by atoms with Crippen LogP contribution in [0.25, 0.3) is 11.3 Å². The van der Waals surface area contributed by atoms with Crippen molar-refractivity contribution >= 4 is 5.82 Å². The molecule has 1 aromatic carbocycles. The maximum absolute atomic E-state index is 13.8. The predicted octanol–water partition coefficient (Wildman–Crippen LogP) is 3.56. The van der Waals surface area contributed by atoms with Gasteiger partial charge in [-0.25, -0.2) is 23.1 Å². The smallest absolute Gasteiger partial charge is 0.195 e. The molecular weight excluding hydrogens is 267 g/mol. The second-order valence-corrected chi connectivity index (χ2v) is 4.16. The zero-order valence-electron chi connectivity index (χ0n) is 11.2. The summed E-state index contributed by atoms with van der Waals surface area (Å²) in [6, 6.07) is 3.57. The lowest BCUT2D eigenvalue weighted by Crippen LogP contribution is -2.05. The molecule has 0 spiro atoms. The Hall–Kier alpha value is -2.11. The molecule has 0 aliphatic rings. The summed E-state index contributed by atoms with van der Waals surface area (Å²) in [5.41, 5.74) is 0.143. The van der Waals surface area contributed by atoms with Crippen molar-refractivity contribution in [1.29, 1.82) is 0 Å². The van der Waals surface area contributed by atoms with E-state index < -0.39 is 17.5 Å². The summed E-state index contributed by atoms with van der Waals surface area (Å²) in [5.74, 6) is -2.93. The van der Waals surface area contributed by atoms with Crippen LogP contribution in [0.1, 0.15) is 19.7 Å². The lowest BCUT2D eigenvalue weighted by molar-refractivity contribution is 0.449. The van der Waals surface area contributed by atoms with E-state index in [4.69, 9.17) is 0 Å². The van der Waals surface area contributed by atoms with Gasteiger partial charge in [0.15, 0.2) is 17.5 Å². The molecule has 0 amide bonds. The molecule has 0 saturated carbocycles. The Morgan fingerprint density at radius 1 is 1.05 bits per heavy atom. The molecular formula is C14H14F3N3. The molecule has 1 aromatic heterocycles. The fourth-order valence-electron chi connectivity index (χ4n) is 1.79. The van der Waals surface area contributed by atoms with Gasteiger partial charge in [-0.15, -0.1) is 0 Å². The van der Waals surface area contributed by atoms with E-state index in [0.29, 0.717) is 24.6 Å². The van der Waals surface area contributed by atoms with Crippen molar-refractivity contribution in [2.45, 2.75) is 20.3 Å². The van der Waals surface area contributed by atoms with Crippen LogP contribution in [0.2, 0.25) is 0 Å². The third kappa shape index (κ3) is 2.74. The molecule has 0 aliphatic heterocycles. The quantitative estimate of drug-likeness (QED) is 0.871. The molecule has 0 radical (unpaired) electrons. The number of anilines is 1. The van der Waals surface area contributed by atoms with Crippen LogP contribution in [-0.4, -0.2) is 16.5 Å². The second-order valence-electron chi connectivity index (χ2n) is 4.16. The van der Waals surface area contributed by atoms with E-state index in [1.807, 2.05) is 13.8 Å². The summed E-state index contributed by atoms with van der Waals surface area (Å²) in [6.07, 6.45) is 0.553. The minimum Gasteiger partial charge on any atom is -0.370 e. The number of nitrogens with one attached hydrogen (secondary N) is 1. The Morgan fingerprint density at radius 2 is 1.80 bits per heavy atom. The van der Waals surface area contributed by atoms with Gasteiger partial charge >= 0.3 is 0 Å². The van der Waals surface area contributed by atoms with E-state index >= 15 is 0 Å². The topological polar surface area (TPSA) is 37.8 Å². The van der Waals surface area contributed by atoms with Crippen LogP contribution in [0.15, 0.2) is 18.2 Å². The monoisotopic (exact) mass is 281 g/mol. The van der Waals surface area contributed by atoms with Gasteiger partial charge < -0.3 is 5.32 Å². The average molecular weight is 281 g/mol. The minimum atomic E-state index is -1.50. The summed E-state index contributed by atoms with van der Waals surface area (Å²) in [6.45, 7) is 4.39. The van der Waals surface area contributed by atoms with Gasteiger partial charge in [-0.1, -0.05) is 6.92 Å². The van der Waals surface area contributed by atoms with Crippen molar-refractivity contribution in [3.63, 3.8) is 0 Å². The molecule has 6 heteroatoms. The Bertz CT molecular complexity index is 629. The normalized spacial score (nSPS) is 10.7. The first-order valence-corrected chi connectivity index (χ1v) is 6.32. The highest BCUT2D eigenvalue weighted by Gasteiger charge is 2.16. The third-order valence-corrected chi connectivity index (χ3v) is 2.76. The van der Waals surface area contributed by atoms with Gasteiger partial charge in [0.1, 0.15) is 11.6 Å². The Morgan fingerprint density at radius 3 is 2.45 bits per heavy atom. The molecule has 106 valence electrons. The summed E-state index contributed by atoms with van der Waals surface area (Å²) in [4.78, 5) is 8.38. The maximum atomic E-state index is 13.8. The third-order valence-electron chi connectivity index (χ3n) is 2.76. The number of halogens is 3. The number of benzene rings is 1. The number of rotatable bonds is 4. The summed E-state index contributed by atoms with van der Waals surface area (Å²) < 4.78 is 40.1. The van der Waals surface area contributed by atoms with Crippen LogP contribution in [0.4, 0.5) is 19.0 Å². The van der Waals surface area contributed by atoms with Crippen molar-refractivity contribution in [3.8, 4) is 11.3 Å². The molecule has 0 unspecified atom stereocenters. The van der Waals surface area contributed by atoms with Crippen LogP contribution in [0.3, 0.4) is 0 Å². The second kappa shape index (κ2) is 5.90. The zero-order valence-corrected chi connectivity index (χ0v) is 11.2. The lowest BCUT2D eigenvalue weighted by atomic mass is 10.1. The molecule has 1 heterocycles. The van der Waals surface area contributed by atoms with Crippen molar-refractivity contribution in [1.82, 2.24) is 9.97 Å². The van der Waals surface area contributed by atoms with E-state index in [9.17, 15) is 13.2 Å². The average Bonchev–Trinajstić information content (AvgIpc) is 2.45. The van der Waals surface area contributed by atoms with Gasteiger partial charge in [0.25, 0.3) is 0 Å². The standard InChI is InChI=1S/C14H14F3N3/c1-3-11-19-10(7-12(20-11)18-4-2)8-5-6-9(15)14(17)13(8)16/h5-7H,3-4H2,1-2H3,(H,18,19,20). The van der Waals surface area contributed by atoms with Crippen molar-refractivity contribution in [2.75, 3.05) is 11.9 Å². The lowest BCUT2D eigenvalue weighted by Gasteiger charge is -2.09. The number of aromatic nitrogens is 2. The van der Waals surface area contributed by atoms with E-state index in [1.165, 1.54) is 12.1 Å². The summed E-state index contributed by atoms with van der Waals surface area (Å²) in [5, 5.41) is 3.00. The molecule has 0 fully saturated rings. The Labute approximate surface area is 114 Å². The van der Waals surface area contributed by atoms with E-state index in [0.717, 1.165) is 6.07 Å². The van der Waals surface area contributed by atoms with Crippen molar-refractivity contribution < 1.29 is 13.2 Å². The first-order chi connectivity index (χ1) is 9.56. The van der Waals surface area contributed by atoms with Crippen molar-refractivity contribution in [3.05, 3.63) is 41.5 Å². The molecule has 0 bridgehead atoms. The van der Waals surface area contributed by atoms with E-state index in [1.54, 1.807) is 0 Å². The number of aryl methyl sites for hydroxylation is 1. The molecule has 0 aliphatic carbocycles. The molecule has 0 atom stereocenters. The Balaban J connectivity index is 2.57. The summed E-state index contributed by atoms with van der Waals surface area (Å²) >= 11 is 0. The zero-order chi connectivity index (χ0) is 14.7. The van der Waals surface area contributed by atoms with Gasteiger partial charge in [-0.05, 0) is 19.1 Å². The highest BCUT2D eigenvalue weighted by molar-refractivity contribution is 5.63. The van der Waals surface area contributed by atoms with Gasteiger partial charge in [0.2, 0.25) is 0 Å². The van der Waals surface area contributed by atoms with Crippen molar-refractivity contribution in [2.24, 2.45) is 0 Å². The van der Waals surface area contributed by atoms with Gasteiger partial charge in [-0.3, -0.25) is 0 Å². The molecule has 0 saturated heterocycles. The molecule has 2 aromatic rings. The van der Waals surface area contributed by atoms with E-state index in [-0.39, 0.29) is 11.3 Å². The highest BCUT2D eigenvalue weighted by atomic mass is 19.2. The molecule has 3 nitrogen and oxygen atoms in total. The minimum absolute atomic E-state index is 0.0832. The highest BCUT2D eigenvalue weighted by Crippen LogP contribution is 2.26. The predicted molar refractivity (Wildman–Crippen MR) is 70.9 cm³/mol. The molecule has 2 rings (SSSR count). The van der Waals surface area contributed by atoms with E-state index in [2.05, 4.69) is 15.3 Å². The Kier molecular flexibility index (Phi) is 4.22. The van der Waals surface area contributed by atoms with Crippen LogP contribution < -0.4 is 5.32 Å². The number of nitrogens with zero attached hydrogens (tertiary/aromatic N) is 2. The van der Waals surface area contributed by atoms with Crippen LogP contribution in [-0.2, 0) is 6.42 Å². The first kappa shape index (κ1) is 14.3. The van der Waals surface area contributed by atoms with Gasteiger partial charge in [0, 0.05) is 24.6 Å².